The van der Waals surface area contributed by atoms with Gasteiger partial charge in [-0.1, -0.05) is 56.0 Å². The SMILES string of the molecule is CC(=O)N(CCC(=O)Nc1ccccc1Oc1ccccc1)C1CCCCCC1. The highest BCUT2D eigenvalue weighted by Gasteiger charge is 2.23. The van der Waals surface area contributed by atoms with E-state index in [-0.39, 0.29) is 24.3 Å². The van der Waals surface area contributed by atoms with Gasteiger partial charge in [-0.15, -0.1) is 0 Å². The number of carbonyl (C=O) groups is 2. The summed E-state index contributed by atoms with van der Waals surface area (Å²) in [6.07, 6.45) is 7.14. The molecule has 29 heavy (non-hydrogen) atoms. The molecule has 2 aromatic rings. The number of ether oxygens (including phenoxy) is 1. The second-order valence-corrected chi connectivity index (χ2v) is 7.57. The van der Waals surface area contributed by atoms with Gasteiger partial charge < -0.3 is 15.0 Å². The Morgan fingerprint density at radius 2 is 1.62 bits per heavy atom. The van der Waals surface area contributed by atoms with E-state index < -0.39 is 0 Å². The van der Waals surface area contributed by atoms with E-state index in [2.05, 4.69) is 5.32 Å². The van der Waals surface area contributed by atoms with E-state index in [4.69, 9.17) is 4.74 Å². The molecule has 1 aliphatic rings. The van der Waals surface area contributed by atoms with Crippen molar-refractivity contribution in [2.45, 2.75) is 57.9 Å². The second-order valence-electron chi connectivity index (χ2n) is 7.57. The van der Waals surface area contributed by atoms with Crippen molar-refractivity contribution in [3.8, 4) is 11.5 Å². The van der Waals surface area contributed by atoms with Gasteiger partial charge in [0.05, 0.1) is 5.69 Å². The lowest BCUT2D eigenvalue weighted by Gasteiger charge is -2.30. The molecule has 0 radical (unpaired) electrons. The van der Waals surface area contributed by atoms with Crippen LogP contribution in [0.2, 0.25) is 0 Å². The lowest BCUT2D eigenvalue weighted by molar-refractivity contribution is -0.131. The van der Waals surface area contributed by atoms with Crippen molar-refractivity contribution in [2.24, 2.45) is 0 Å². The molecule has 3 rings (SSSR count). The topological polar surface area (TPSA) is 58.6 Å². The third-order valence-electron chi connectivity index (χ3n) is 5.38. The van der Waals surface area contributed by atoms with Crippen LogP contribution in [-0.4, -0.2) is 29.3 Å². The van der Waals surface area contributed by atoms with Gasteiger partial charge in [-0.2, -0.15) is 0 Å². The summed E-state index contributed by atoms with van der Waals surface area (Å²) in [4.78, 5) is 26.6. The normalized spacial score (nSPS) is 14.7. The molecule has 1 saturated carbocycles. The minimum Gasteiger partial charge on any atom is -0.455 e. The number of para-hydroxylation sites is 3. The molecule has 0 unspecified atom stereocenters. The summed E-state index contributed by atoms with van der Waals surface area (Å²) in [6, 6.07) is 17.1. The molecule has 2 amide bonds. The molecular formula is C24H30N2O3. The number of rotatable bonds is 7. The minimum absolute atomic E-state index is 0.0533. The summed E-state index contributed by atoms with van der Waals surface area (Å²) in [5.74, 6) is 1.25. The number of nitrogens with one attached hydrogen (secondary N) is 1. The standard InChI is InChI=1S/C24H30N2O3/c1-19(27)26(20-11-5-2-3-6-12-20)18-17-24(28)25-22-15-9-10-16-23(22)29-21-13-7-4-8-14-21/h4,7-10,13-16,20H,2-3,5-6,11-12,17-18H2,1H3,(H,25,28). The van der Waals surface area contributed by atoms with Crippen LogP contribution in [0.1, 0.15) is 51.9 Å². The molecule has 2 aromatic carbocycles. The van der Waals surface area contributed by atoms with E-state index in [1.165, 1.54) is 12.8 Å². The van der Waals surface area contributed by atoms with Crippen molar-refractivity contribution < 1.29 is 14.3 Å². The largest absolute Gasteiger partial charge is 0.455 e. The van der Waals surface area contributed by atoms with Gasteiger partial charge in [0.25, 0.3) is 0 Å². The zero-order chi connectivity index (χ0) is 20.5. The average molecular weight is 395 g/mol. The van der Waals surface area contributed by atoms with Gasteiger partial charge in [0.1, 0.15) is 5.75 Å². The molecule has 1 aliphatic carbocycles. The van der Waals surface area contributed by atoms with Crippen molar-refractivity contribution in [1.82, 2.24) is 4.90 Å². The van der Waals surface area contributed by atoms with Crippen molar-refractivity contribution in [3.05, 3.63) is 54.6 Å². The lowest BCUT2D eigenvalue weighted by atomic mass is 10.1. The van der Waals surface area contributed by atoms with Gasteiger partial charge in [-0.05, 0) is 37.1 Å². The Morgan fingerprint density at radius 3 is 2.31 bits per heavy atom. The van der Waals surface area contributed by atoms with E-state index >= 15 is 0 Å². The Labute approximate surface area is 173 Å². The predicted molar refractivity (Wildman–Crippen MR) is 115 cm³/mol. The fourth-order valence-electron chi connectivity index (χ4n) is 3.88. The van der Waals surface area contributed by atoms with Crippen LogP contribution in [-0.2, 0) is 9.59 Å². The number of benzene rings is 2. The Kier molecular flexibility index (Phi) is 7.68. The van der Waals surface area contributed by atoms with Crippen LogP contribution in [0.3, 0.4) is 0 Å². The van der Waals surface area contributed by atoms with Crippen LogP contribution in [0.25, 0.3) is 0 Å². The minimum atomic E-state index is -0.117. The Hall–Kier alpha value is -2.82. The zero-order valence-electron chi connectivity index (χ0n) is 17.1. The molecule has 154 valence electrons. The monoisotopic (exact) mass is 394 g/mol. The van der Waals surface area contributed by atoms with Crippen LogP contribution in [0.5, 0.6) is 11.5 Å². The first-order valence-electron chi connectivity index (χ1n) is 10.5. The first kappa shape index (κ1) is 20.9. The summed E-state index contributed by atoms with van der Waals surface area (Å²) < 4.78 is 5.90. The molecular weight excluding hydrogens is 364 g/mol. The maximum Gasteiger partial charge on any atom is 0.226 e. The number of anilines is 1. The second kappa shape index (κ2) is 10.6. The molecule has 0 atom stereocenters. The highest BCUT2D eigenvalue weighted by atomic mass is 16.5. The van der Waals surface area contributed by atoms with Crippen LogP contribution < -0.4 is 10.1 Å². The molecule has 0 spiro atoms. The number of carbonyl (C=O) groups excluding carboxylic acids is 2. The lowest BCUT2D eigenvalue weighted by Crippen LogP contribution is -2.40. The average Bonchev–Trinajstić information content (AvgIpc) is 3.00. The van der Waals surface area contributed by atoms with Gasteiger partial charge in [0.2, 0.25) is 11.8 Å². The quantitative estimate of drug-likeness (QED) is 0.642. The molecule has 0 heterocycles. The Bertz CT molecular complexity index is 799. The molecule has 0 saturated heterocycles. The van der Waals surface area contributed by atoms with Gasteiger partial charge in [0.15, 0.2) is 5.75 Å². The summed E-state index contributed by atoms with van der Waals surface area (Å²) in [7, 11) is 0. The third kappa shape index (κ3) is 6.34. The number of amides is 2. The molecule has 0 aromatic heterocycles. The summed E-state index contributed by atoms with van der Waals surface area (Å²) in [6.45, 7) is 2.05. The highest BCUT2D eigenvalue weighted by Crippen LogP contribution is 2.29. The Morgan fingerprint density at radius 1 is 0.966 bits per heavy atom. The van der Waals surface area contributed by atoms with E-state index in [0.29, 0.717) is 23.7 Å². The highest BCUT2D eigenvalue weighted by molar-refractivity contribution is 5.92. The van der Waals surface area contributed by atoms with Crippen molar-refractivity contribution in [3.63, 3.8) is 0 Å². The molecule has 1 N–H and O–H groups in total. The first-order valence-corrected chi connectivity index (χ1v) is 10.5. The van der Waals surface area contributed by atoms with Crippen molar-refractivity contribution in [2.75, 3.05) is 11.9 Å². The third-order valence-corrected chi connectivity index (χ3v) is 5.38. The van der Waals surface area contributed by atoms with Crippen LogP contribution in [0.15, 0.2) is 54.6 Å². The Balaban J connectivity index is 1.59. The molecule has 0 aliphatic heterocycles. The van der Waals surface area contributed by atoms with Crippen molar-refractivity contribution >= 4 is 17.5 Å². The molecule has 5 heteroatoms. The smallest absolute Gasteiger partial charge is 0.226 e. The summed E-state index contributed by atoms with van der Waals surface area (Å²) in [5, 5.41) is 2.94. The van der Waals surface area contributed by atoms with E-state index in [1.807, 2.05) is 59.5 Å². The fraction of sp³-hybridized carbons (Fsp3) is 0.417. The van der Waals surface area contributed by atoms with E-state index in [9.17, 15) is 9.59 Å². The summed E-state index contributed by atoms with van der Waals surface area (Å²) >= 11 is 0. The van der Waals surface area contributed by atoms with E-state index in [1.54, 1.807) is 6.92 Å². The molecule has 1 fully saturated rings. The van der Waals surface area contributed by atoms with Gasteiger partial charge in [-0.25, -0.2) is 0 Å². The van der Waals surface area contributed by atoms with Crippen molar-refractivity contribution in [1.29, 1.82) is 0 Å². The molecule has 5 nitrogen and oxygen atoms in total. The fourth-order valence-corrected chi connectivity index (χ4v) is 3.88. The maximum absolute atomic E-state index is 12.6. The van der Waals surface area contributed by atoms with Gasteiger partial charge in [-0.3, -0.25) is 9.59 Å². The maximum atomic E-state index is 12.6. The van der Waals surface area contributed by atoms with Crippen LogP contribution in [0.4, 0.5) is 5.69 Å². The number of hydrogen-bond donors (Lipinski definition) is 1. The van der Waals surface area contributed by atoms with E-state index in [0.717, 1.165) is 25.7 Å². The zero-order valence-corrected chi connectivity index (χ0v) is 17.1. The van der Waals surface area contributed by atoms with Crippen LogP contribution in [0, 0.1) is 0 Å². The van der Waals surface area contributed by atoms with Crippen LogP contribution >= 0.6 is 0 Å². The molecule has 0 bridgehead atoms. The van der Waals surface area contributed by atoms with Gasteiger partial charge in [0, 0.05) is 25.9 Å². The number of hydrogen-bond acceptors (Lipinski definition) is 3. The van der Waals surface area contributed by atoms with Gasteiger partial charge >= 0.3 is 0 Å². The summed E-state index contributed by atoms with van der Waals surface area (Å²) in [5.41, 5.74) is 0.630. The first-order chi connectivity index (χ1) is 14.1. The number of nitrogens with zero attached hydrogens (tertiary/aromatic N) is 1. The predicted octanol–water partition coefficient (Wildman–Crippen LogP) is 5.38.